The SMILES string of the molecule is C[C@H]1CN([C@@H](C)CO)C(=O)c2cccc(NS(=O)(=O)c3ccccc3)c2O[C@@H]1CN(C)S(=O)(=O)c1ccc(F)cc1. The number of hydrogen-bond acceptors (Lipinski definition) is 7. The number of aliphatic hydroxyl groups is 1. The number of rotatable bonds is 9. The molecule has 0 spiro atoms. The molecule has 0 bridgehead atoms. The van der Waals surface area contributed by atoms with Gasteiger partial charge in [-0.05, 0) is 55.5 Å². The van der Waals surface area contributed by atoms with Crippen molar-refractivity contribution in [3.8, 4) is 5.75 Å². The van der Waals surface area contributed by atoms with Crippen molar-refractivity contribution in [1.82, 2.24) is 9.21 Å². The zero-order valence-electron chi connectivity index (χ0n) is 22.8. The molecular weight excluding hydrogens is 573 g/mol. The number of nitrogens with zero attached hydrogens (tertiary/aromatic N) is 2. The van der Waals surface area contributed by atoms with Crippen LogP contribution in [-0.4, -0.2) is 75.9 Å². The molecule has 3 atom stereocenters. The maximum absolute atomic E-state index is 13.6. The number of benzene rings is 3. The molecular formula is C28H32FN3O7S2. The van der Waals surface area contributed by atoms with Crippen LogP contribution < -0.4 is 9.46 Å². The Balaban J connectivity index is 1.76. The number of amides is 1. The van der Waals surface area contributed by atoms with E-state index in [1.807, 2.05) is 0 Å². The molecule has 0 radical (unpaired) electrons. The summed E-state index contributed by atoms with van der Waals surface area (Å²) in [7, 11) is -6.75. The number of carbonyl (C=O) groups is 1. The zero-order valence-corrected chi connectivity index (χ0v) is 24.4. The highest BCUT2D eigenvalue weighted by Gasteiger charge is 2.36. The van der Waals surface area contributed by atoms with Gasteiger partial charge in [0.05, 0.1) is 40.2 Å². The van der Waals surface area contributed by atoms with E-state index in [0.717, 1.165) is 16.4 Å². The van der Waals surface area contributed by atoms with Crippen LogP contribution in [0.2, 0.25) is 0 Å². The molecule has 0 saturated carbocycles. The molecule has 2 N–H and O–H groups in total. The molecule has 3 aromatic carbocycles. The van der Waals surface area contributed by atoms with Gasteiger partial charge in [0.15, 0.2) is 5.75 Å². The highest BCUT2D eigenvalue weighted by Crippen LogP contribution is 2.36. The van der Waals surface area contributed by atoms with Gasteiger partial charge in [-0.3, -0.25) is 9.52 Å². The van der Waals surface area contributed by atoms with E-state index in [1.54, 1.807) is 32.0 Å². The van der Waals surface area contributed by atoms with Gasteiger partial charge in [0.2, 0.25) is 10.0 Å². The molecule has 1 aliphatic rings. The third-order valence-electron chi connectivity index (χ3n) is 6.95. The molecule has 1 heterocycles. The topological polar surface area (TPSA) is 133 Å². The molecule has 0 fully saturated rings. The Hall–Kier alpha value is -3.52. The quantitative estimate of drug-likeness (QED) is 0.383. The van der Waals surface area contributed by atoms with Gasteiger partial charge in [0.25, 0.3) is 15.9 Å². The molecule has 41 heavy (non-hydrogen) atoms. The summed E-state index contributed by atoms with van der Waals surface area (Å²) in [6.07, 6.45) is -0.849. The van der Waals surface area contributed by atoms with Gasteiger partial charge in [-0.15, -0.1) is 0 Å². The summed E-state index contributed by atoms with van der Waals surface area (Å²) < 4.78 is 76.2. The van der Waals surface area contributed by atoms with Gasteiger partial charge in [-0.25, -0.2) is 21.2 Å². The second kappa shape index (κ2) is 12.1. The number of hydrogen-bond donors (Lipinski definition) is 2. The number of aliphatic hydroxyl groups excluding tert-OH is 1. The first-order chi connectivity index (χ1) is 19.3. The molecule has 0 saturated heterocycles. The van der Waals surface area contributed by atoms with Crippen LogP contribution in [-0.2, 0) is 20.0 Å². The van der Waals surface area contributed by atoms with E-state index in [1.165, 1.54) is 54.4 Å². The number of halogens is 1. The molecule has 0 aliphatic carbocycles. The number of carbonyl (C=O) groups excluding carboxylic acids is 1. The summed E-state index contributed by atoms with van der Waals surface area (Å²) in [6.45, 7) is 3.09. The number of fused-ring (bicyclic) bond motifs is 1. The Morgan fingerprint density at radius 3 is 2.32 bits per heavy atom. The summed E-state index contributed by atoms with van der Waals surface area (Å²) in [4.78, 5) is 15.0. The molecule has 10 nitrogen and oxygen atoms in total. The maximum Gasteiger partial charge on any atom is 0.262 e. The number of likely N-dealkylation sites (N-methyl/N-ethyl adjacent to an activating group) is 1. The first-order valence-electron chi connectivity index (χ1n) is 12.9. The van der Waals surface area contributed by atoms with E-state index in [0.29, 0.717) is 0 Å². The van der Waals surface area contributed by atoms with Gasteiger partial charge in [-0.1, -0.05) is 31.2 Å². The smallest absolute Gasteiger partial charge is 0.262 e. The van der Waals surface area contributed by atoms with Crippen LogP contribution in [0, 0.1) is 11.7 Å². The lowest BCUT2D eigenvalue weighted by molar-refractivity contribution is 0.0389. The zero-order chi connectivity index (χ0) is 29.9. The average Bonchev–Trinajstić information content (AvgIpc) is 2.95. The second-order valence-electron chi connectivity index (χ2n) is 9.96. The first-order valence-corrected chi connectivity index (χ1v) is 15.8. The second-order valence-corrected chi connectivity index (χ2v) is 13.7. The summed E-state index contributed by atoms with van der Waals surface area (Å²) in [5.41, 5.74) is 0.0546. The number of anilines is 1. The lowest BCUT2D eigenvalue weighted by atomic mass is 9.99. The fourth-order valence-electron chi connectivity index (χ4n) is 4.48. The molecule has 220 valence electrons. The van der Waals surface area contributed by atoms with Crippen molar-refractivity contribution >= 4 is 31.6 Å². The van der Waals surface area contributed by atoms with Crippen LogP contribution in [0.5, 0.6) is 5.75 Å². The van der Waals surface area contributed by atoms with Gasteiger partial charge < -0.3 is 14.7 Å². The summed E-state index contributed by atoms with van der Waals surface area (Å²) in [5, 5.41) is 9.87. The fraction of sp³-hybridized carbons (Fsp3) is 0.321. The molecule has 1 amide bonds. The Morgan fingerprint density at radius 2 is 1.68 bits per heavy atom. The number of sulfonamides is 2. The Kier molecular flexibility index (Phi) is 9.02. The lowest BCUT2D eigenvalue weighted by Gasteiger charge is -2.38. The lowest BCUT2D eigenvalue weighted by Crippen LogP contribution is -2.50. The van der Waals surface area contributed by atoms with Crippen LogP contribution in [0.1, 0.15) is 24.2 Å². The fourth-order valence-corrected chi connectivity index (χ4v) is 6.75. The van der Waals surface area contributed by atoms with E-state index < -0.39 is 49.8 Å². The normalized spacial score (nSPS) is 18.7. The Labute approximate surface area is 239 Å². The molecule has 0 aromatic heterocycles. The molecule has 3 aromatic rings. The van der Waals surface area contributed by atoms with E-state index in [4.69, 9.17) is 4.74 Å². The highest BCUT2D eigenvalue weighted by atomic mass is 32.2. The third kappa shape index (κ3) is 6.53. The van der Waals surface area contributed by atoms with Crippen molar-refractivity contribution in [2.24, 2.45) is 5.92 Å². The minimum Gasteiger partial charge on any atom is -0.486 e. The van der Waals surface area contributed by atoms with Crippen molar-refractivity contribution in [2.75, 3.05) is 31.5 Å². The van der Waals surface area contributed by atoms with E-state index in [2.05, 4.69) is 4.72 Å². The summed E-state index contributed by atoms with van der Waals surface area (Å²) in [6, 6.07) is 16.0. The van der Waals surface area contributed by atoms with Gasteiger partial charge in [0, 0.05) is 19.5 Å². The van der Waals surface area contributed by atoms with Crippen LogP contribution >= 0.6 is 0 Å². The van der Waals surface area contributed by atoms with Gasteiger partial charge >= 0.3 is 0 Å². The van der Waals surface area contributed by atoms with Crippen LogP contribution in [0.4, 0.5) is 10.1 Å². The van der Waals surface area contributed by atoms with Crippen LogP contribution in [0.3, 0.4) is 0 Å². The average molecular weight is 606 g/mol. The van der Waals surface area contributed by atoms with E-state index in [9.17, 15) is 31.1 Å². The predicted molar refractivity (Wildman–Crippen MR) is 151 cm³/mol. The standard InChI is InChI=1S/C28H32FN3O7S2/c1-19-16-32(20(2)18-33)28(34)24-10-7-11-25(30-40(35,36)22-8-5-4-6-9-22)27(24)39-26(19)17-31(3)41(37,38)23-14-12-21(29)13-15-23/h4-15,19-20,26,30,33H,16-18H2,1-3H3/t19-,20-,26+/m0/s1. The minimum atomic E-state index is -4.07. The van der Waals surface area contributed by atoms with E-state index >= 15 is 0 Å². The van der Waals surface area contributed by atoms with Crippen molar-refractivity contribution in [2.45, 2.75) is 35.8 Å². The van der Waals surface area contributed by atoms with Crippen molar-refractivity contribution in [3.63, 3.8) is 0 Å². The monoisotopic (exact) mass is 605 g/mol. The predicted octanol–water partition coefficient (Wildman–Crippen LogP) is 3.17. The van der Waals surface area contributed by atoms with Crippen molar-refractivity contribution in [3.05, 3.63) is 84.2 Å². The molecule has 0 unspecified atom stereocenters. The van der Waals surface area contributed by atoms with Crippen molar-refractivity contribution in [1.29, 1.82) is 0 Å². The van der Waals surface area contributed by atoms with Gasteiger partial charge in [0.1, 0.15) is 11.9 Å². The molecule has 1 aliphatic heterocycles. The molecule has 13 heteroatoms. The number of para-hydroxylation sites is 1. The Bertz CT molecular complexity index is 1600. The summed E-state index contributed by atoms with van der Waals surface area (Å²) in [5.74, 6) is -1.56. The highest BCUT2D eigenvalue weighted by molar-refractivity contribution is 7.92. The number of nitrogens with one attached hydrogen (secondary N) is 1. The third-order valence-corrected chi connectivity index (χ3v) is 10.2. The Morgan fingerprint density at radius 1 is 1.02 bits per heavy atom. The van der Waals surface area contributed by atoms with E-state index in [-0.39, 0.29) is 46.5 Å². The number of ether oxygens (including phenoxy) is 1. The van der Waals surface area contributed by atoms with Crippen molar-refractivity contribution < 1.29 is 35.9 Å². The largest absolute Gasteiger partial charge is 0.486 e. The molecule has 4 rings (SSSR count). The minimum absolute atomic E-state index is 0.000320. The first kappa shape index (κ1) is 30.4. The van der Waals surface area contributed by atoms with Crippen LogP contribution in [0.15, 0.2) is 82.6 Å². The summed E-state index contributed by atoms with van der Waals surface area (Å²) >= 11 is 0. The van der Waals surface area contributed by atoms with Gasteiger partial charge in [-0.2, -0.15) is 4.31 Å². The maximum atomic E-state index is 13.6. The van der Waals surface area contributed by atoms with Crippen LogP contribution in [0.25, 0.3) is 0 Å².